The van der Waals surface area contributed by atoms with E-state index in [0.29, 0.717) is 23.9 Å². The maximum atomic E-state index is 14.7. The summed E-state index contributed by atoms with van der Waals surface area (Å²) in [5, 5.41) is 8.05. The molecule has 4 nitrogen and oxygen atoms in total. The molecule has 162 valence electrons. The first-order valence-electron chi connectivity index (χ1n) is 11.0. The number of halogens is 1. The van der Waals surface area contributed by atoms with Gasteiger partial charge < -0.3 is 10.2 Å². The van der Waals surface area contributed by atoms with Gasteiger partial charge in [0, 0.05) is 60.4 Å². The van der Waals surface area contributed by atoms with Crippen LogP contribution in [0.15, 0.2) is 60.7 Å². The molecule has 2 heterocycles. The van der Waals surface area contributed by atoms with Gasteiger partial charge in [-0.25, -0.2) is 4.39 Å². The van der Waals surface area contributed by atoms with Gasteiger partial charge in [0.15, 0.2) is 0 Å². The Bertz CT molecular complexity index is 1020. The minimum atomic E-state index is -0.229. The molecule has 0 aliphatic carbocycles. The number of fused-ring (bicyclic) bond motifs is 1. The van der Waals surface area contributed by atoms with Crippen LogP contribution in [-0.2, 0) is 6.42 Å². The van der Waals surface area contributed by atoms with Crippen LogP contribution >= 0.6 is 0 Å². The van der Waals surface area contributed by atoms with Gasteiger partial charge >= 0.3 is 0 Å². The summed E-state index contributed by atoms with van der Waals surface area (Å²) in [6.07, 6.45) is 1.74. The molecule has 31 heavy (non-hydrogen) atoms. The summed E-state index contributed by atoms with van der Waals surface area (Å²) in [7, 11) is 0. The number of nitrogens with zero attached hydrogens (tertiary/aromatic N) is 2. The summed E-state index contributed by atoms with van der Waals surface area (Å²) < 4.78 is 14.7. The molecule has 1 saturated heterocycles. The van der Waals surface area contributed by atoms with Crippen LogP contribution in [0.1, 0.15) is 42.5 Å². The van der Waals surface area contributed by atoms with Crippen molar-refractivity contribution in [1.29, 1.82) is 0 Å². The van der Waals surface area contributed by atoms with E-state index in [9.17, 15) is 4.39 Å². The van der Waals surface area contributed by atoms with Gasteiger partial charge in [-0.05, 0) is 31.0 Å². The second kappa shape index (κ2) is 9.06. The van der Waals surface area contributed by atoms with Crippen molar-refractivity contribution in [2.24, 2.45) is 11.0 Å². The lowest BCUT2D eigenvalue weighted by Crippen LogP contribution is -2.50. The van der Waals surface area contributed by atoms with Gasteiger partial charge in [0.25, 0.3) is 0 Å². The highest BCUT2D eigenvalue weighted by molar-refractivity contribution is 6.07. The fourth-order valence-corrected chi connectivity index (χ4v) is 4.09. The topological polar surface area (TPSA) is 39.7 Å². The maximum Gasteiger partial charge on any atom is 0.132 e. The van der Waals surface area contributed by atoms with E-state index < -0.39 is 0 Å². The molecule has 0 amide bonds. The molecule has 5 heteroatoms. The van der Waals surface area contributed by atoms with Gasteiger partial charge in [0.05, 0.1) is 11.4 Å². The minimum absolute atomic E-state index is 0.229. The first-order valence-corrected chi connectivity index (χ1v) is 11.0. The molecule has 0 spiro atoms. The Morgan fingerprint density at radius 1 is 1.26 bits per heavy atom. The molecular weight excluding hydrogens is 387 g/mol. The summed E-state index contributed by atoms with van der Waals surface area (Å²) in [5.74, 6) is 0.358. The standard InChI is InChI=1S/C26H31FN4/c1-5-17(2)28-14-21-15-31(16-21)19(4)24-12-20(10-11-25(24)27)13-26-23-9-7-6-8-22(23)18(3)29-30-26/h6-12,17,21,28-29H,3-5,13-16H2,1-2H3. The fourth-order valence-electron chi connectivity index (χ4n) is 4.09. The first kappa shape index (κ1) is 21.3. The quantitative estimate of drug-likeness (QED) is 0.656. The lowest BCUT2D eigenvalue weighted by molar-refractivity contribution is 0.167. The lowest BCUT2D eigenvalue weighted by atomic mass is 9.93. The van der Waals surface area contributed by atoms with Gasteiger partial charge in [0.1, 0.15) is 5.82 Å². The smallest absolute Gasteiger partial charge is 0.132 e. The first-order chi connectivity index (χ1) is 15.0. The van der Waals surface area contributed by atoms with Crippen LogP contribution in [0.3, 0.4) is 0 Å². The van der Waals surface area contributed by atoms with Crippen LogP contribution in [0.5, 0.6) is 0 Å². The summed E-state index contributed by atoms with van der Waals surface area (Å²) >= 11 is 0. The SMILES string of the molecule is C=C1NN=C(Cc2ccc(F)c(C(=C)N3CC(CNC(C)CC)C3)c2)c2ccccc21. The highest BCUT2D eigenvalue weighted by Gasteiger charge is 2.29. The molecule has 2 aromatic carbocycles. The van der Waals surface area contributed by atoms with Crippen molar-refractivity contribution in [3.05, 3.63) is 83.7 Å². The third-order valence-electron chi connectivity index (χ3n) is 6.31. The number of rotatable bonds is 8. The molecule has 4 rings (SSSR count). The van der Waals surface area contributed by atoms with Crippen molar-refractivity contribution in [2.75, 3.05) is 19.6 Å². The van der Waals surface area contributed by atoms with Crippen molar-refractivity contribution >= 4 is 17.1 Å². The molecule has 2 aliphatic rings. The van der Waals surface area contributed by atoms with Gasteiger partial charge in [-0.2, -0.15) is 5.10 Å². The van der Waals surface area contributed by atoms with E-state index in [1.54, 1.807) is 6.07 Å². The van der Waals surface area contributed by atoms with E-state index in [4.69, 9.17) is 0 Å². The third-order valence-corrected chi connectivity index (χ3v) is 6.31. The number of hydrogen-bond donors (Lipinski definition) is 2. The lowest BCUT2D eigenvalue weighted by Gasteiger charge is -2.42. The monoisotopic (exact) mass is 418 g/mol. The molecule has 2 aromatic rings. The fraction of sp³-hybridized carbons (Fsp3) is 0.346. The van der Waals surface area contributed by atoms with Crippen LogP contribution in [0.4, 0.5) is 4.39 Å². The molecule has 2 N–H and O–H groups in total. The zero-order valence-electron chi connectivity index (χ0n) is 18.4. The van der Waals surface area contributed by atoms with Crippen LogP contribution in [0.25, 0.3) is 11.4 Å². The molecule has 0 aromatic heterocycles. The van der Waals surface area contributed by atoms with Crippen LogP contribution < -0.4 is 10.7 Å². The number of benzene rings is 2. The zero-order chi connectivity index (χ0) is 22.0. The molecule has 2 aliphatic heterocycles. The van der Waals surface area contributed by atoms with E-state index in [1.165, 1.54) is 0 Å². The molecule has 0 bridgehead atoms. The summed E-state index contributed by atoms with van der Waals surface area (Å²) in [6.45, 7) is 15.4. The van der Waals surface area contributed by atoms with Crippen molar-refractivity contribution in [1.82, 2.24) is 15.6 Å². The van der Waals surface area contributed by atoms with E-state index in [0.717, 1.165) is 59.9 Å². The third kappa shape index (κ3) is 4.57. The van der Waals surface area contributed by atoms with Crippen molar-refractivity contribution in [3.8, 4) is 0 Å². The highest BCUT2D eigenvalue weighted by atomic mass is 19.1. The van der Waals surface area contributed by atoms with Crippen molar-refractivity contribution in [2.45, 2.75) is 32.7 Å². The van der Waals surface area contributed by atoms with E-state index in [-0.39, 0.29) is 5.82 Å². The minimum Gasteiger partial charge on any atom is -0.371 e. The van der Waals surface area contributed by atoms with Crippen LogP contribution in [-0.4, -0.2) is 36.3 Å². The Labute approximate surface area is 184 Å². The summed E-state index contributed by atoms with van der Waals surface area (Å²) in [4.78, 5) is 2.17. The predicted molar refractivity (Wildman–Crippen MR) is 127 cm³/mol. The Morgan fingerprint density at radius 2 is 2.00 bits per heavy atom. The Balaban J connectivity index is 1.44. The Hall–Kier alpha value is -2.92. The van der Waals surface area contributed by atoms with Crippen molar-refractivity contribution < 1.29 is 4.39 Å². The predicted octanol–water partition coefficient (Wildman–Crippen LogP) is 4.64. The summed E-state index contributed by atoms with van der Waals surface area (Å²) in [6, 6.07) is 13.9. The number of hydrazone groups is 1. The van der Waals surface area contributed by atoms with E-state index >= 15 is 0 Å². The van der Waals surface area contributed by atoms with E-state index in [1.807, 2.05) is 30.3 Å². The second-order valence-electron chi connectivity index (χ2n) is 8.62. The molecule has 0 saturated carbocycles. The molecular formula is C26H31FN4. The molecule has 1 atom stereocenters. The molecule has 1 unspecified atom stereocenters. The molecule has 0 radical (unpaired) electrons. The Kier molecular flexibility index (Phi) is 6.23. The average Bonchev–Trinajstić information content (AvgIpc) is 2.75. The Morgan fingerprint density at radius 3 is 2.74 bits per heavy atom. The number of hydrogen-bond acceptors (Lipinski definition) is 4. The van der Waals surface area contributed by atoms with E-state index in [2.05, 4.69) is 53.8 Å². The molecule has 1 fully saturated rings. The number of nitrogens with one attached hydrogen (secondary N) is 2. The van der Waals surface area contributed by atoms with Gasteiger partial charge in [-0.3, -0.25) is 5.43 Å². The zero-order valence-corrected chi connectivity index (χ0v) is 18.4. The largest absolute Gasteiger partial charge is 0.371 e. The van der Waals surface area contributed by atoms with Gasteiger partial charge in [-0.15, -0.1) is 0 Å². The van der Waals surface area contributed by atoms with Gasteiger partial charge in [-0.1, -0.05) is 50.4 Å². The van der Waals surface area contributed by atoms with Gasteiger partial charge in [0.2, 0.25) is 0 Å². The highest BCUT2D eigenvalue weighted by Crippen LogP contribution is 2.29. The van der Waals surface area contributed by atoms with Crippen LogP contribution in [0, 0.1) is 11.7 Å². The van der Waals surface area contributed by atoms with Crippen LogP contribution in [0.2, 0.25) is 0 Å². The normalized spacial score (nSPS) is 16.8. The average molecular weight is 419 g/mol. The van der Waals surface area contributed by atoms with Crippen molar-refractivity contribution in [3.63, 3.8) is 0 Å². The summed E-state index contributed by atoms with van der Waals surface area (Å²) in [5.41, 5.74) is 9.19. The number of likely N-dealkylation sites (tertiary alicyclic amines) is 1. The second-order valence-corrected chi connectivity index (χ2v) is 8.62. The maximum absolute atomic E-state index is 14.7.